The minimum absolute atomic E-state index is 0.00435. The highest BCUT2D eigenvalue weighted by Gasteiger charge is 2.32. The molecule has 6 nitrogen and oxygen atoms in total. The van der Waals surface area contributed by atoms with Crippen LogP contribution in [0.5, 0.6) is 0 Å². The van der Waals surface area contributed by atoms with Gasteiger partial charge in [0.05, 0.1) is 9.77 Å². The van der Waals surface area contributed by atoms with Crippen LogP contribution in [0.15, 0.2) is 56.1 Å². The first-order valence-electron chi connectivity index (χ1n) is 9.33. The van der Waals surface area contributed by atoms with E-state index in [2.05, 4.69) is 16.8 Å². The molecule has 0 aliphatic carbocycles. The van der Waals surface area contributed by atoms with Crippen LogP contribution in [0.2, 0.25) is 0 Å². The Labute approximate surface area is 169 Å². The van der Waals surface area contributed by atoms with Crippen LogP contribution >= 0.6 is 11.3 Å². The quantitative estimate of drug-likeness (QED) is 0.631. The van der Waals surface area contributed by atoms with E-state index in [1.54, 1.807) is 24.3 Å². The largest absolute Gasteiger partial charge is 0.418 e. The summed E-state index contributed by atoms with van der Waals surface area (Å²) in [7, 11) is -3.78. The summed E-state index contributed by atoms with van der Waals surface area (Å²) >= 11 is 1.48. The topological polar surface area (TPSA) is 66.7 Å². The molecule has 4 rings (SSSR count). The molecule has 0 atom stereocenters. The number of benzene rings is 1. The van der Waals surface area contributed by atoms with Crippen molar-refractivity contribution >= 4 is 27.1 Å². The summed E-state index contributed by atoms with van der Waals surface area (Å²) in [6, 6.07) is 10.6. The highest BCUT2D eigenvalue weighted by Crippen LogP contribution is 2.36. The zero-order valence-electron chi connectivity index (χ0n) is 16.0. The molecule has 2 aromatic heterocycles. The Morgan fingerprint density at radius 3 is 2.43 bits per heavy atom. The lowest BCUT2D eigenvalue weighted by Gasteiger charge is -2.33. The van der Waals surface area contributed by atoms with Gasteiger partial charge in [0.25, 0.3) is 0 Å². The zero-order chi connectivity index (χ0) is 19.7. The van der Waals surface area contributed by atoms with E-state index in [4.69, 9.17) is 4.42 Å². The van der Waals surface area contributed by atoms with Crippen LogP contribution in [-0.2, 0) is 9.84 Å². The van der Waals surface area contributed by atoms with Crippen molar-refractivity contribution in [1.29, 1.82) is 0 Å². The first-order chi connectivity index (χ1) is 13.5. The number of piperazine rings is 1. The van der Waals surface area contributed by atoms with Crippen molar-refractivity contribution in [2.75, 3.05) is 37.6 Å². The third-order valence-electron chi connectivity index (χ3n) is 5.00. The fourth-order valence-electron chi connectivity index (χ4n) is 3.27. The van der Waals surface area contributed by atoms with Crippen molar-refractivity contribution in [3.8, 4) is 10.8 Å². The molecule has 0 N–H and O–H groups in total. The predicted molar refractivity (Wildman–Crippen MR) is 111 cm³/mol. The van der Waals surface area contributed by atoms with Crippen molar-refractivity contribution in [2.24, 2.45) is 0 Å². The predicted octanol–water partition coefficient (Wildman–Crippen LogP) is 3.69. The van der Waals surface area contributed by atoms with Gasteiger partial charge < -0.3 is 14.2 Å². The maximum Gasteiger partial charge on any atom is 0.240 e. The summed E-state index contributed by atoms with van der Waals surface area (Å²) in [6.45, 7) is 8.21. The molecule has 8 heteroatoms. The maximum absolute atomic E-state index is 13.4. The summed E-state index contributed by atoms with van der Waals surface area (Å²) in [5.41, 5.74) is 1.01. The van der Waals surface area contributed by atoms with E-state index in [0.717, 1.165) is 30.1 Å². The first kappa shape index (κ1) is 19.2. The molecule has 0 saturated carbocycles. The van der Waals surface area contributed by atoms with Crippen molar-refractivity contribution in [1.82, 2.24) is 9.88 Å². The lowest BCUT2D eigenvalue weighted by molar-refractivity contribution is 0.266. The monoisotopic (exact) mass is 417 g/mol. The van der Waals surface area contributed by atoms with Gasteiger partial charge in [0.15, 0.2) is 0 Å². The van der Waals surface area contributed by atoms with Gasteiger partial charge in [0, 0.05) is 26.2 Å². The number of likely N-dealkylation sites (N-methyl/N-ethyl adjacent to an activating group) is 1. The number of rotatable bonds is 5. The molecular weight excluding hydrogens is 394 g/mol. The second-order valence-electron chi connectivity index (χ2n) is 6.84. The SMILES string of the molecule is CCN1CCN(c2oc(-c3cccs3)nc2S(=O)(=O)c2ccc(C)cc2)CC1. The third-order valence-corrected chi connectivity index (χ3v) is 7.53. The minimum Gasteiger partial charge on any atom is -0.418 e. The minimum atomic E-state index is -3.78. The van der Waals surface area contributed by atoms with Crippen LogP contribution in [0.25, 0.3) is 10.8 Å². The normalized spacial score (nSPS) is 15.9. The van der Waals surface area contributed by atoms with Crippen LogP contribution in [-0.4, -0.2) is 51.0 Å². The summed E-state index contributed by atoms with van der Waals surface area (Å²) in [6.07, 6.45) is 0. The molecule has 148 valence electrons. The molecule has 1 saturated heterocycles. The number of aryl methyl sites for hydroxylation is 1. The molecule has 0 bridgehead atoms. The zero-order valence-corrected chi connectivity index (χ0v) is 17.6. The Kier molecular flexibility index (Phi) is 5.27. The molecule has 1 aliphatic rings. The van der Waals surface area contributed by atoms with Gasteiger partial charge in [0.1, 0.15) is 0 Å². The fourth-order valence-corrected chi connectivity index (χ4v) is 5.25. The molecule has 0 spiro atoms. The molecule has 0 unspecified atom stereocenters. The molecule has 1 aliphatic heterocycles. The number of sulfone groups is 1. The number of aromatic nitrogens is 1. The average molecular weight is 418 g/mol. The highest BCUT2D eigenvalue weighted by atomic mass is 32.2. The summed E-state index contributed by atoms with van der Waals surface area (Å²) in [5.74, 6) is 0.702. The lowest BCUT2D eigenvalue weighted by atomic mass is 10.2. The van der Waals surface area contributed by atoms with Crippen molar-refractivity contribution < 1.29 is 12.8 Å². The van der Waals surface area contributed by atoms with Gasteiger partial charge in [-0.2, -0.15) is 4.98 Å². The molecule has 0 amide bonds. The average Bonchev–Trinajstić information content (AvgIpc) is 3.38. The van der Waals surface area contributed by atoms with Gasteiger partial charge in [-0.3, -0.25) is 0 Å². The first-order valence-corrected chi connectivity index (χ1v) is 11.7. The van der Waals surface area contributed by atoms with Gasteiger partial charge in [-0.1, -0.05) is 30.7 Å². The molecule has 0 radical (unpaired) electrons. The third kappa shape index (κ3) is 3.59. The van der Waals surface area contributed by atoms with Crippen LogP contribution in [0.4, 0.5) is 5.88 Å². The van der Waals surface area contributed by atoms with E-state index >= 15 is 0 Å². The Hall–Kier alpha value is -2.16. The fraction of sp³-hybridized carbons (Fsp3) is 0.350. The second-order valence-corrected chi connectivity index (χ2v) is 9.66. The van der Waals surface area contributed by atoms with Crippen molar-refractivity contribution in [3.05, 3.63) is 47.3 Å². The molecule has 28 heavy (non-hydrogen) atoms. The highest BCUT2D eigenvalue weighted by molar-refractivity contribution is 7.91. The van der Waals surface area contributed by atoms with E-state index in [1.165, 1.54) is 11.3 Å². The van der Waals surface area contributed by atoms with Gasteiger partial charge in [-0.05, 0) is 37.0 Å². The van der Waals surface area contributed by atoms with Gasteiger partial charge in [-0.25, -0.2) is 8.42 Å². The Balaban J connectivity index is 1.78. The Morgan fingerprint density at radius 1 is 1.11 bits per heavy atom. The van der Waals surface area contributed by atoms with E-state index in [-0.39, 0.29) is 9.92 Å². The smallest absolute Gasteiger partial charge is 0.240 e. The van der Waals surface area contributed by atoms with E-state index in [9.17, 15) is 8.42 Å². The van der Waals surface area contributed by atoms with Gasteiger partial charge in [-0.15, -0.1) is 11.3 Å². The number of hydrogen-bond donors (Lipinski definition) is 0. The standard InChI is InChI=1S/C20H23N3O3S2/c1-3-22-10-12-23(13-11-22)20-19(21-18(26-20)17-5-4-14-27-17)28(24,25)16-8-6-15(2)7-9-16/h4-9,14H,3,10-13H2,1-2H3. The van der Waals surface area contributed by atoms with Crippen molar-refractivity contribution in [3.63, 3.8) is 0 Å². The lowest BCUT2D eigenvalue weighted by Crippen LogP contribution is -2.46. The number of thiophene rings is 1. The number of anilines is 1. The Bertz CT molecular complexity index is 1030. The Morgan fingerprint density at radius 2 is 1.82 bits per heavy atom. The van der Waals surface area contributed by atoms with E-state index < -0.39 is 9.84 Å². The molecule has 1 aromatic carbocycles. The summed E-state index contributed by atoms with van der Waals surface area (Å²) < 4.78 is 32.7. The molecule has 3 heterocycles. The van der Waals surface area contributed by atoms with Gasteiger partial charge in [0.2, 0.25) is 26.6 Å². The van der Waals surface area contributed by atoms with E-state index in [1.807, 2.05) is 29.3 Å². The maximum atomic E-state index is 13.4. The van der Waals surface area contributed by atoms with Crippen LogP contribution in [0.1, 0.15) is 12.5 Å². The summed E-state index contributed by atoms with van der Waals surface area (Å²) in [4.78, 5) is 9.82. The van der Waals surface area contributed by atoms with Crippen molar-refractivity contribution in [2.45, 2.75) is 23.8 Å². The number of hydrogen-bond acceptors (Lipinski definition) is 7. The molecule has 3 aromatic rings. The molecular formula is C20H23N3O3S2. The number of oxazole rings is 1. The van der Waals surface area contributed by atoms with Crippen LogP contribution in [0, 0.1) is 6.92 Å². The van der Waals surface area contributed by atoms with Gasteiger partial charge >= 0.3 is 0 Å². The van der Waals surface area contributed by atoms with Crippen LogP contribution < -0.4 is 4.90 Å². The number of nitrogens with zero attached hydrogens (tertiary/aromatic N) is 3. The van der Waals surface area contributed by atoms with E-state index in [0.29, 0.717) is 24.9 Å². The second kappa shape index (κ2) is 7.69. The van der Waals surface area contributed by atoms with Crippen LogP contribution in [0.3, 0.4) is 0 Å². The molecule has 1 fully saturated rings. The summed E-state index contributed by atoms with van der Waals surface area (Å²) in [5, 5.41) is 1.93.